The fourth-order valence-electron chi connectivity index (χ4n) is 4.16. The summed E-state index contributed by atoms with van der Waals surface area (Å²) in [5, 5.41) is 2.91. The molecule has 1 saturated heterocycles. The highest BCUT2D eigenvalue weighted by molar-refractivity contribution is 7.89. The van der Waals surface area contributed by atoms with Gasteiger partial charge in [0.25, 0.3) is 5.91 Å². The molecule has 1 fully saturated rings. The van der Waals surface area contributed by atoms with E-state index < -0.39 is 15.6 Å². The number of nitrogens with zero attached hydrogens (tertiary/aromatic N) is 1. The Labute approximate surface area is 203 Å². The summed E-state index contributed by atoms with van der Waals surface area (Å²) in [4.78, 5) is 15.3. The zero-order valence-corrected chi connectivity index (χ0v) is 21.5. The van der Waals surface area contributed by atoms with Crippen LogP contribution >= 0.6 is 0 Å². The molecule has 34 heavy (non-hydrogen) atoms. The van der Waals surface area contributed by atoms with Crippen LogP contribution in [0.25, 0.3) is 0 Å². The molecule has 2 N–H and O–H groups in total. The van der Waals surface area contributed by atoms with Crippen LogP contribution in [-0.4, -0.2) is 45.0 Å². The molecule has 186 valence electrons. The lowest BCUT2D eigenvalue weighted by molar-refractivity contribution is 0.0950. The molecule has 0 bridgehead atoms. The van der Waals surface area contributed by atoms with Crippen molar-refractivity contribution in [3.63, 3.8) is 0 Å². The van der Waals surface area contributed by atoms with E-state index >= 15 is 0 Å². The SMILES string of the molecule is COc1ccc(C(=O)NCc2cccc(CN3CCCCCC3)c2)cc1S(=O)(=O)NC(C)(C)C. The van der Waals surface area contributed by atoms with E-state index in [9.17, 15) is 13.2 Å². The van der Waals surface area contributed by atoms with Crippen LogP contribution in [0.4, 0.5) is 0 Å². The molecule has 0 aromatic heterocycles. The number of benzene rings is 2. The number of nitrogens with one attached hydrogen (secondary N) is 2. The summed E-state index contributed by atoms with van der Waals surface area (Å²) in [5.74, 6) is -0.151. The maximum absolute atomic E-state index is 12.9. The van der Waals surface area contributed by atoms with Crippen LogP contribution in [0.5, 0.6) is 5.75 Å². The molecule has 3 rings (SSSR count). The van der Waals surface area contributed by atoms with E-state index in [0.717, 1.165) is 25.2 Å². The molecule has 0 spiro atoms. The third-order valence-electron chi connectivity index (χ3n) is 5.71. The molecule has 2 aromatic rings. The summed E-state index contributed by atoms with van der Waals surface area (Å²) in [6, 6.07) is 12.7. The Morgan fingerprint density at radius 1 is 1.00 bits per heavy atom. The third-order valence-corrected chi connectivity index (χ3v) is 7.48. The highest BCUT2D eigenvalue weighted by atomic mass is 32.2. The van der Waals surface area contributed by atoms with Gasteiger partial charge in [-0.1, -0.05) is 37.1 Å². The second-order valence-electron chi connectivity index (χ2n) is 9.91. The van der Waals surface area contributed by atoms with Crippen LogP contribution in [0.2, 0.25) is 0 Å². The molecular weight excluding hydrogens is 450 g/mol. The van der Waals surface area contributed by atoms with Crippen molar-refractivity contribution >= 4 is 15.9 Å². The lowest BCUT2D eigenvalue weighted by Crippen LogP contribution is -2.40. The number of hydrogen-bond donors (Lipinski definition) is 2. The molecule has 1 aliphatic heterocycles. The fourth-order valence-corrected chi connectivity index (χ4v) is 5.78. The second-order valence-corrected chi connectivity index (χ2v) is 11.6. The van der Waals surface area contributed by atoms with E-state index in [0.29, 0.717) is 6.54 Å². The lowest BCUT2D eigenvalue weighted by Gasteiger charge is -2.21. The topological polar surface area (TPSA) is 87.7 Å². The highest BCUT2D eigenvalue weighted by Gasteiger charge is 2.26. The van der Waals surface area contributed by atoms with Crippen molar-refractivity contribution in [3.05, 3.63) is 59.2 Å². The van der Waals surface area contributed by atoms with E-state index in [4.69, 9.17) is 4.74 Å². The molecule has 0 atom stereocenters. The Hall–Kier alpha value is -2.42. The summed E-state index contributed by atoms with van der Waals surface area (Å²) in [5.41, 5.74) is 1.84. The Morgan fingerprint density at radius 2 is 1.68 bits per heavy atom. The van der Waals surface area contributed by atoms with Crippen molar-refractivity contribution in [2.45, 2.75) is 70.0 Å². The largest absolute Gasteiger partial charge is 0.495 e. The van der Waals surface area contributed by atoms with Gasteiger partial charge in [-0.15, -0.1) is 0 Å². The normalized spacial score (nSPS) is 15.5. The first-order valence-corrected chi connectivity index (χ1v) is 13.4. The number of sulfonamides is 1. The number of amides is 1. The Balaban J connectivity index is 1.69. The van der Waals surface area contributed by atoms with E-state index in [-0.39, 0.29) is 22.1 Å². The standard InChI is InChI=1S/C26H37N3O4S/c1-26(2,3)28-34(31,32)24-17-22(12-13-23(24)33-4)25(30)27-18-20-10-9-11-21(16-20)19-29-14-7-5-6-8-15-29/h9-13,16-17,28H,5-8,14-15,18-19H2,1-4H3,(H,27,30). The van der Waals surface area contributed by atoms with Crippen LogP contribution in [0.15, 0.2) is 47.4 Å². The summed E-state index contributed by atoms with van der Waals surface area (Å²) in [6.45, 7) is 8.82. The summed E-state index contributed by atoms with van der Waals surface area (Å²) in [7, 11) is -2.46. The minimum absolute atomic E-state index is 0.0583. The van der Waals surface area contributed by atoms with Crippen molar-refractivity contribution in [2.24, 2.45) is 0 Å². The smallest absolute Gasteiger partial charge is 0.251 e. The monoisotopic (exact) mass is 487 g/mol. The minimum Gasteiger partial charge on any atom is -0.495 e. The first-order chi connectivity index (χ1) is 16.1. The summed E-state index contributed by atoms with van der Waals surface area (Å²) >= 11 is 0. The molecule has 8 heteroatoms. The quantitative estimate of drug-likeness (QED) is 0.586. The van der Waals surface area contributed by atoms with Gasteiger partial charge in [0.05, 0.1) is 7.11 Å². The zero-order chi connectivity index (χ0) is 24.8. The second kappa shape index (κ2) is 11.3. The van der Waals surface area contributed by atoms with Gasteiger partial charge in [0.2, 0.25) is 10.0 Å². The van der Waals surface area contributed by atoms with Gasteiger partial charge in [0, 0.05) is 24.2 Å². The summed E-state index contributed by atoms with van der Waals surface area (Å²) in [6.07, 6.45) is 5.12. The molecule has 0 saturated carbocycles. The number of rotatable bonds is 8. The fraction of sp³-hybridized carbons (Fsp3) is 0.500. The molecule has 7 nitrogen and oxygen atoms in total. The van der Waals surface area contributed by atoms with Gasteiger partial charge in [-0.05, 0) is 76.0 Å². The maximum atomic E-state index is 12.9. The minimum atomic E-state index is -3.87. The zero-order valence-electron chi connectivity index (χ0n) is 20.7. The lowest BCUT2D eigenvalue weighted by atomic mass is 10.1. The average molecular weight is 488 g/mol. The van der Waals surface area contributed by atoms with Gasteiger partial charge in [-0.3, -0.25) is 9.69 Å². The first-order valence-electron chi connectivity index (χ1n) is 11.9. The van der Waals surface area contributed by atoms with Crippen LogP contribution in [-0.2, 0) is 23.1 Å². The molecular formula is C26H37N3O4S. The van der Waals surface area contributed by atoms with Gasteiger partial charge in [0.1, 0.15) is 10.6 Å². The first kappa shape index (κ1) is 26.2. The van der Waals surface area contributed by atoms with Crippen molar-refractivity contribution in [1.29, 1.82) is 0 Å². The number of carbonyl (C=O) groups is 1. The van der Waals surface area contributed by atoms with Gasteiger partial charge < -0.3 is 10.1 Å². The predicted molar refractivity (Wildman–Crippen MR) is 134 cm³/mol. The van der Waals surface area contributed by atoms with Crippen molar-refractivity contribution in [3.8, 4) is 5.75 Å². The van der Waals surface area contributed by atoms with Gasteiger partial charge in [0.15, 0.2) is 0 Å². The van der Waals surface area contributed by atoms with E-state index in [1.165, 1.54) is 50.5 Å². The van der Waals surface area contributed by atoms with Crippen LogP contribution < -0.4 is 14.8 Å². The molecule has 1 heterocycles. The number of hydrogen-bond acceptors (Lipinski definition) is 5. The van der Waals surface area contributed by atoms with Gasteiger partial charge >= 0.3 is 0 Å². The number of likely N-dealkylation sites (tertiary alicyclic amines) is 1. The number of ether oxygens (including phenoxy) is 1. The predicted octanol–water partition coefficient (Wildman–Crippen LogP) is 4.08. The molecule has 1 amide bonds. The number of methoxy groups -OCH3 is 1. The molecule has 0 aliphatic carbocycles. The van der Waals surface area contributed by atoms with E-state index in [2.05, 4.69) is 27.1 Å². The highest BCUT2D eigenvalue weighted by Crippen LogP contribution is 2.26. The Kier molecular flexibility index (Phi) is 8.73. The van der Waals surface area contributed by atoms with Gasteiger partial charge in [-0.25, -0.2) is 13.1 Å². The molecule has 1 aliphatic rings. The molecule has 0 radical (unpaired) electrons. The Morgan fingerprint density at radius 3 is 2.32 bits per heavy atom. The van der Waals surface area contributed by atoms with Crippen molar-refractivity contribution in [1.82, 2.24) is 14.9 Å². The van der Waals surface area contributed by atoms with Crippen molar-refractivity contribution in [2.75, 3.05) is 20.2 Å². The van der Waals surface area contributed by atoms with Crippen LogP contribution in [0.1, 0.15) is 67.9 Å². The average Bonchev–Trinajstić information content (AvgIpc) is 3.04. The summed E-state index contributed by atoms with van der Waals surface area (Å²) < 4.78 is 33.6. The third kappa shape index (κ3) is 7.55. The Bertz CT molecular complexity index is 1090. The van der Waals surface area contributed by atoms with Gasteiger partial charge in [-0.2, -0.15) is 0 Å². The van der Waals surface area contributed by atoms with Crippen LogP contribution in [0, 0.1) is 0 Å². The van der Waals surface area contributed by atoms with E-state index in [1.807, 2.05) is 12.1 Å². The molecule has 2 aromatic carbocycles. The maximum Gasteiger partial charge on any atom is 0.251 e. The van der Waals surface area contributed by atoms with Crippen molar-refractivity contribution < 1.29 is 17.9 Å². The number of carbonyl (C=O) groups excluding carboxylic acids is 1. The molecule has 0 unspecified atom stereocenters. The van der Waals surface area contributed by atoms with Crippen LogP contribution in [0.3, 0.4) is 0 Å². The van der Waals surface area contributed by atoms with E-state index in [1.54, 1.807) is 26.8 Å².